The Balaban J connectivity index is 1.97. The molecule has 0 aliphatic heterocycles. The molecule has 5 heteroatoms. The Morgan fingerprint density at radius 2 is 2.38 bits per heavy atom. The van der Waals surface area contributed by atoms with Crippen LogP contribution in [0.3, 0.4) is 0 Å². The smallest absolute Gasteiger partial charge is 0.156 e. The third kappa shape index (κ3) is 2.70. The van der Waals surface area contributed by atoms with Crippen LogP contribution in [0, 0.1) is 6.92 Å². The summed E-state index contributed by atoms with van der Waals surface area (Å²) in [7, 11) is 0. The van der Waals surface area contributed by atoms with Crippen molar-refractivity contribution >= 4 is 0 Å². The molecular formula is C11H16N4O. The Labute approximate surface area is 94.5 Å². The Hall–Kier alpha value is -1.62. The minimum atomic E-state index is 0.681. The molecule has 2 rings (SSSR count). The van der Waals surface area contributed by atoms with Crippen molar-refractivity contribution in [2.24, 2.45) is 0 Å². The monoisotopic (exact) mass is 220 g/mol. The Kier molecular flexibility index (Phi) is 3.36. The van der Waals surface area contributed by atoms with Gasteiger partial charge in [0.05, 0.1) is 24.3 Å². The van der Waals surface area contributed by atoms with Gasteiger partial charge in [-0.2, -0.15) is 0 Å². The second kappa shape index (κ2) is 4.94. The summed E-state index contributed by atoms with van der Waals surface area (Å²) in [4.78, 5) is 4.30. The van der Waals surface area contributed by atoms with Crippen molar-refractivity contribution in [3.8, 4) is 0 Å². The van der Waals surface area contributed by atoms with Crippen LogP contribution in [0.15, 0.2) is 23.1 Å². The molecule has 2 aromatic heterocycles. The molecule has 0 saturated heterocycles. The molecule has 16 heavy (non-hydrogen) atoms. The van der Waals surface area contributed by atoms with Gasteiger partial charge in [-0.3, -0.25) is 0 Å². The summed E-state index contributed by atoms with van der Waals surface area (Å²) < 4.78 is 7.14. The minimum Gasteiger partial charge on any atom is -0.359 e. The first-order valence-corrected chi connectivity index (χ1v) is 5.41. The third-order valence-corrected chi connectivity index (χ3v) is 2.26. The highest BCUT2D eigenvalue weighted by Crippen LogP contribution is 2.05. The van der Waals surface area contributed by atoms with Crippen molar-refractivity contribution < 1.29 is 4.52 Å². The van der Waals surface area contributed by atoms with E-state index in [1.807, 2.05) is 30.1 Å². The van der Waals surface area contributed by atoms with Gasteiger partial charge < -0.3 is 14.4 Å². The highest BCUT2D eigenvalue weighted by Gasteiger charge is 2.03. The molecule has 0 radical (unpaired) electrons. The molecule has 0 fully saturated rings. The van der Waals surface area contributed by atoms with Gasteiger partial charge in [0, 0.05) is 18.8 Å². The van der Waals surface area contributed by atoms with Crippen LogP contribution in [-0.4, -0.2) is 21.3 Å². The summed E-state index contributed by atoms with van der Waals surface area (Å²) in [5.74, 6) is 0.852. The quantitative estimate of drug-likeness (QED) is 0.826. The topological polar surface area (TPSA) is 55.9 Å². The fourth-order valence-electron chi connectivity index (χ4n) is 1.51. The van der Waals surface area contributed by atoms with Crippen LogP contribution in [0.4, 0.5) is 0 Å². The van der Waals surface area contributed by atoms with E-state index in [0.717, 1.165) is 30.2 Å². The van der Waals surface area contributed by atoms with Gasteiger partial charge in [-0.1, -0.05) is 12.1 Å². The van der Waals surface area contributed by atoms with Crippen LogP contribution in [-0.2, 0) is 13.1 Å². The molecule has 1 N–H and O–H groups in total. The van der Waals surface area contributed by atoms with Crippen molar-refractivity contribution in [2.75, 3.05) is 6.54 Å². The number of hydrogen-bond acceptors (Lipinski definition) is 4. The van der Waals surface area contributed by atoms with Crippen LogP contribution in [0.2, 0.25) is 0 Å². The van der Waals surface area contributed by atoms with Gasteiger partial charge in [-0.15, -0.1) is 0 Å². The average Bonchev–Trinajstić information content (AvgIpc) is 2.86. The van der Waals surface area contributed by atoms with Crippen LogP contribution < -0.4 is 5.32 Å². The Bertz CT molecular complexity index is 446. The van der Waals surface area contributed by atoms with Gasteiger partial charge in [-0.25, -0.2) is 4.98 Å². The zero-order valence-electron chi connectivity index (χ0n) is 9.60. The number of imidazole rings is 1. The largest absolute Gasteiger partial charge is 0.359 e. The summed E-state index contributed by atoms with van der Waals surface area (Å²) in [6.45, 7) is 6.43. The highest BCUT2D eigenvalue weighted by molar-refractivity contribution is 5.05. The molecule has 0 aromatic carbocycles. The van der Waals surface area contributed by atoms with Crippen molar-refractivity contribution in [3.05, 3.63) is 35.7 Å². The number of rotatable bonds is 5. The maximum absolute atomic E-state index is 5.14. The molecule has 86 valence electrons. The van der Waals surface area contributed by atoms with Crippen LogP contribution in [0.1, 0.15) is 24.1 Å². The summed E-state index contributed by atoms with van der Waals surface area (Å²) >= 11 is 0. The predicted octanol–water partition coefficient (Wildman–Crippen LogP) is 1.34. The second-order valence-electron chi connectivity index (χ2n) is 3.75. The minimum absolute atomic E-state index is 0.681. The van der Waals surface area contributed by atoms with Gasteiger partial charge in [0.25, 0.3) is 0 Å². The van der Waals surface area contributed by atoms with E-state index in [4.69, 9.17) is 4.52 Å². The lowest BCUT2D eigenvalue weighted by Gasteiger charge is -1.97. The molecule has 0 saturated carbocycles. The number of hydrogen-bond donors (Lipinski definition) is 1. The maximum Gasteiger partial charge on any atom is 0.156 e. The van der Waals surface area contributed by atoms with Gasteiger partial charge in [0.1, 0.15) is 0 Å². The van der Waals surface area contributed by atoms with Gasteiger partial charge in [0.15, 0.2) is 5.76 Å². The molecule has 0 aliphatic carbocycles. The predicted molar refractivity (Wildman–Crippen MR) is 59.9 cm³/mol. The normalized spacial score (nSPS) is 10.9. The number of aromatic nitrogens is 3. The van der Waals surface area contributed by atoms with Crippen molar-refractivity contribution in [2.45, 2.75) is 26.9 Å². The second-order valence-corrected chi connectivity index (χ2v) is 3.75. The molecule has 5 nitrogen and oxygen atoms in total. The third-order valence-electron chi connectivity index (χ3n) is 2.26. The van der Waals surface area contributed by atoms with E-state index in [1.54, 1.807) is 0 Å². The molecule has 0 bridgehead atoms. The van der Waals surface area contributed by atoms with Crippen molar-refractivity contribution in [1.82, 2.24) is 20.0 Å². The standard InChI is InChI=1S/C11H16N4O/c1-3-12-5-10-6-15(8-13-10)7-11-4-9(2)14-16-11/h4,6,8,12H,3,5,7H2,1-2H3. The Morgan fingerprint density at radius 1 is 1.50 bits per heavy atom. The lowest BCUT2D eigenvalue weighted by Crippen LogP contribution is -2.11. The number of nitrogens with one attached hydrogen (secondary N) is 1. The van der Waals surface area contributed by atoms with E-state index in [-0.39, 0.29) is 0 Å². The van der Waals surface area contributed by atoms with E-state index >= 15 is 0 Å². The molecule has 0 atom stereocenters. The molecule has 0 aliphatic rings. The lowest BCUT2D eigenvalue weighted by molar-refractivity contribution is 0.373. The van der Waals surface area contributed by atoms with E-state index in [1.165, 1.54) is 0 Å². The Morgan fingerprint density at radius 3 is 3.06 bits per heavy atom. The molecule has 0 unspecified atom stereocenters. The van der Waals surface area contributed by atoms with E-state index in [2.05, 4.69) is 22.4 Å². The number of aryl methyl sites for hydroxylation is 1. The van der Waals surface area contributed by atoms with Crippen molar-refractivity contribution in [3.63, 3.8) is 0 Å². The first-order chi connectivity index (χ1) is 7.78. The zero-order chi connectivity index (χ0) is 11.4. The average molecular weight is 220 g/mol. The molecule has 2 aromatic rings. The van der Waals surface area contributed by atoms with Crippen LogP contribution >= 0.6 is 0 Å². The van der Waals surface area contributed by atoms with Gasteiger partial charge >= 0.3 is 0 Å². The first-order valence-electron chi connectivity index (χ1n) is 5.41. The van der Waals surface area contributed by atoms with E-state index < -0.39 is 0 Å². The number of nitrogens with zero attached hydrogens (tertiary/aromatic N) is 3. The summed E-state index contributed by atoms with van der Waals surface area (Å²) in [5.41, 5.74) is 1.95. The SMILES string of the molecule is CCNCc1cn(Cc2cc(C)no2)cn1. The fourth-order valence-corrected chi connectivity index (χ4v) is 1.51. The van der Waals surface area contributed by atoms with E-state index in [9.17, 15) is 0 Å². The van der Waals surface area contributed by atoms with Gasteiger partial charge in [0.2, 0.25) is 0 Å². The molecule has 0 amide bonds. The van der Waals surface area contributed by atoms with E-state index in [0.29, 0.717) is 6.54 Å². The van der Waals surface area contributed by atoms with Crippen LogP contribution in [0.25, 0.3) is 0 Å². The van der Waals surface area contributed by atoms with Gasteiger partial charge in [-0.05, 0) is 13.5 Å². The zero-order valence-corrected chi connectivity index (χ0v) is 9.60. The molecule has 0 spiro atoms. The first kappa shape index (κ1) is 10.9. The molecular weight excluding hydrogens is 204 g/mol. The van der Waals surface area contributed by atoms with Crippen LogP contribution in [0.5, 0.6) is 0 Å². The fraction of sp³-hybridized carbons (Fsp3) is 0.455. The molecule has 2 heterocycles. The summed E-state index contributed by atoms with van der Waals surface area (Å²) in [6, 6.07) is 1.93. The summed E-state index contributed by atoms with van der Waals surface area (Å²) in [5, 5.41) is 7.08. The van der Waals surface area contributed by atoms with Crippen molar-refractivity contribution in [1.29, 1.82) is 0 Å². The lowest BCUT2D eigenvalue weighted by atomic mass is 10.4. The highest BCUT2D eigenvalue weighted by atomic mass is 16.5. The summed E-state index contributed by atoms with van der Waals surface area (Å²) in [6.07, 6.45) is 3.82. The maximum atomic E-state index is 5.14.